The van der Waals surface area contributed by atoms with E-state index in [1.807, 2.05) is 11.8 Å². The minimum absolute atomic E-state index is 0.105. The van der Waals surface area contributed by atoms with E-state index in [1.54, 1.807) is 17.9 Å². The molecule has 1 unspecified atom stereocenters. The fourth-order valence-corrected chi connectivity index (χ4v) is 5.86. The Bertz CT molecular complexity index is 1260. The number of benzene rings is 1. The first-order valence-corrected chi connectivity index (χ1v) is 13.4. The van der Waals surface area contributed by atoms with Gasteiger partial charge in [0.25, 0.3) is 11.8 Å². The van der Waals surface area contributed by atoms with E-state index >= 15 is 0 Å². The highest BCUT2D eigenvalue weighted by molar-refractivity contribution is 6.02. The number of anilines is 1. The predicted molar refractivity (Wildman–Crippen MR) is 137 cm³/mol. The number of halogens is 3. The van der Waals surface area contributed by atoms with Crippen molar-refractivity contribution in [1.82, 2.24) is 24.9 Å². The summed E-state index contributed by atoms with van der Waals surface area (Å²) in [6.07, 6.45) is -0.433. The summed E-state index contributed by atoms with van der Waals surface area (Å²) in [4.78, 5) is 45.0. The van der Waals surface area contributed by atoms with Gasteiger partial charge in [0.1, 0.15) is 11.2 Å². The minimum atomic E-state index is -4.42. The molecular formula is C27H33F3N6O3. The normalized spacial score (nSPS) is 22.3. The fraction of sp³-hybridized carbons (Fsp3) is 0.556. The van der Waals surface area contributed by atoms with Gasteiger partial charge in [-0.2, -0.15) is 18.3 Å². The van der Waals surface area contributed by atoms with Crippen molar-refractivity contribution in [1.29, 1.82) is 0 Å². The summed E-state index contributed by atoms with van der Waals surface area (Å²) >= 11 is 0. The summed E-state index contributed by atoms with van der Waals surface area (Å²) in [5.41, 5.74) is -1.02. The van der Waals surface area contributed by atoms with Gasteiger partial charge in [-0.3, -0.25) is 19.1 Å². The minimum Gasteiger partial charge on any atom is -0.368 e. The first kappa shape index (κ1) is 27.0. The van der Waals surface area contributed by atoms with Crippen molar-refractivity contribution >= 4 is 23.4 Å². The number of nitrogens with zero attached hydrogens (tertiary/aromatic N) is 5. The Hall–Kier alpha value is -3.57. The van der Waals surface area contributed by atoms with E-state index in [1.165, 1.54) is 21.7 Å². The Balaban J connectivity index is 1.28. The summed E-state index contributed by atoms with van der Waals surface area (Å²) in [7, 11) is 0. The molecule has 3 amide bonds. The molecule has 1 saturated heterocycles. The molecule has 9 nitrogen and oxygen atoms in total. The zero-order valence-corrected chi connectivity index (χ0v) is 22.1. The molecule has 210 valence electrons. The number of carbonyl (C=O) groups excluding carboxylic acids is 3. The molecule has 0 bridgehead atoms. The van der Waals surface area contributed by atoms with Crippen molar-refractivity contribution in [3.8, 4) is 0 Å². The molecule has 1 atom stereocenters. The third-order valence-corrected chi connectivity index (χ3v) is 8.12. The third kappa shape index (κ3) is 5.08. The van der Waals surface area contributed by atoms with E-state index in [9.17, 15) is 27.6 Å². The number of piperazine rings is 1. The Kier molecular flexibility index (Phi) is 7.06. The van der Waals surface area contributed by atoms with Gasteiger partial charge in [0.2, 0.25) is 5.91 Å². The van der Waals surface area contributed by atoms with Crippen molar-refractivity contribution < 1.29 is 27.6 Å². The lowest BCUT2D eigenvalue weighted by Gasteiger charge is -2.43. The van der Waals surface area contributed by atoms with Gasteiger partial charge in [0.15, 0.2) is 5.69 Å². The second-order valence-corrected chi connectivity index (χ2v) is 10.7. The first-order valence-electron chi connectivity index (χ1n) is 13.4. The van der Waals surface area contributed by atoms with Crippen LogP contribution < -0.4 is 10.2 Å². The van der Waals surface area contributed by atoms with Crippen LogP contribution in [0, 0.1) is 0 Å². The molecule has 3 heterocycles. The lowest BCUT2D eigenvalue weighted by molar-refractivity contribution is -0.137. The van der Waals surface area contributed by atoms with E-state index < -0.39 is 17.3 Å². The molecule has 2 fully saturated rings. The zero-order chi connectivity index (χ0) is 27.9. The number of carbonyl (C=O) groups is 3. The van der Waals surface area contributed by atoms with E-state index in [-0.39, 0.29) is 41.7 Å². The van der Waals surface area contributed by atoms with Crippen LogP contribution in [-0.4, -0.2) is 81.6 Å². The highest BCUT2D eigenvalue weighted by Crippen LogP contribution is 2.32. The molecule has 12 heteroatoms. The zero-order valence-electron chi connectivity index (χ0n) is 22.1. The van der Waals surface area contributed by atoms with E-state index in [4.69, 9.17) is 0 Å². The number of hydrogen-bond donors (Lipinski definition) is 1. The van der Waals surface area contributed by atoms with Crippen LogP contribution in [0.3, 0.4) is 0 Å². The maximum absolute atomic E-state index is 13.4. The molecule has 0 spiro atoms. The van der Waals surface area contributed by atoms with Gasteiger partial charge >= 0.3 is 6.18 Å². The number of hydrogen-bond acceptors (Lipinski definition) is 5. The smallest absolute Gasteiger partial charge is 0.368 e. The molecule has 0 radical (unpaired) electrons. The van der Waals surface area contributed by atoms with Crippen LogP contribution in [0.1, 0.15) is 66.1 Å². The first-order chi connectivity index (χ1) is 18.5. The average molecular weight is 547 g/mol. The summed E-state index contributed by atoms with van der Waals surface area (Å²) < 4.78 is 40.8. The number of rotatable bonds is 5. The molecule has 1 saturated carbocycles. The van der Waals surface area contributed by atoms with Crippen LogP contribution in [-0.2, 0) is 17.5 Å². The monoisotopic (exact) mass is 546 g/mol. The summed E-state index contributed by atoms with van der Waals surface area (Å²) in [6, 6.07) is 6.74. The van der Waals surface area contributed by atoms with E-state index in [2.05, 4.69) is 10.4 Å². The largest absolute Gasteiger partial charge is 0.416 e. The molecule has 1 N–H and O–H groups in total. The van der Waals surface area contributed by atoms with Crippen molar-refractivity contribution in [3.05, 3.63) is 47.3 Å². The molecule has 3 aliphatic rings. The quantitative estimate of drug-likeness (QED) is 0.623. The molecule has 2 aromatic rings. The second-order valence-electron chi connectivity index (χ2n) is 10.7. The highest BCUT2D eigenvalue weighted by atomic mass is 19.4. The van der Waals surface area contributed by atoms with Gasteiger partial charge < -0.3 is 20.0 Å². The summed E-state index contributed by atoms with van der Waals surface area (Å²) in [5, 5.41) is 7.53. The van der Waals surface area contributed by atoms with Gasteiger partial charge in [0, 0.05) is 50.5 Å². The number of nitrogens with one attached hydrogen (secondary N) is 1. The average Bonchev–Trinajstić information content (AvgIpc) is 3.58. The van der Waals surface area contributed by atoms with E-state index in [0.717, 1.165) is 37.8 Å². The van der Waals surface area contributed by atoms with Crippen molar-refractivity contribution in [2.45, 2.75) is 63.8 Å². The van der Waals surface area contributed by atoms with Gasteiger partial charge in [-0.1, -0.05) is 18.9 Å². The second kappa shape index (κ2) is 10.2. The Labute approximate surface area is 224 Å². The topological polar surface area (TPSA) is 90.8 Å². The van der Waals surface area contributed by atoms with Crippen molar-refractivity contribution in [2.75, 3.05) is 37.6 Å². The van der Waals surface area contributed by atoms with Crippen LogP contribution in [0.5, 0.6) is 0 Å². The number of alkyl halides is 3. The number of aromatic nitrogens is 2. The molecule has 1 aliphatic carbocycles. The van der Waals surface area contributed by atoms with Crippen LogP contribution in [0.25, 0.3) is 0 Å². The van der Waals surface area contributed by atoms with Crippen molar-refractivity contribution in [3.63, 3.8) is 0 Å². The highest BCUT2D eigenvalue weighted by Gasteiger charge is 2.48. The van der Waals surface area contributed by atoms with Gasteiger partial charge in [-0.05, 0) is 44.9 Å². The Morgan fingerprint density at radius 1 is 1.10 bits per heavy atom. The maximum Gasteiger partial charge on any atom is 0.416 e. The van der Waals surface area contributed by atoms with Gasteiger partial charge in [-0.15, -0.1) is 0 Å². The Morgan fingerprint density at radius 3 is 2.44 bits per heavy atom. The Morgan fingerprint density at radius 2 is 1.79 bits per heavy atom. The van der Waals surface area contributed by atoms with Crippen LogP contribution >= 0.6 is 0 Å². The molecule has 39 heavy (non-hydrogen) atoms. The lowest BCUT2D eigenvalue weighted by Crippen LogP contribution is -2.64. The standard InChI is InChI=1S/C27H33F3N6O3/c1-3-35-24(38)22-16-21(32-36(22)17-26(35,2)25(39)31-19-8-4-5-9-19)23(37)34-13-11-33(12-14-34)20-10-6-7-18(15-20)27(28,29)30/h6-7,10,15-16,19H,3-5,8-9,11-14,17H2,1-2H3,(H,31,39). The number of likely N-dealkylation sites (N-methyl/N-ethyl adjacent to an activating group) is 1. The maximum atomic E-state index is 13.4. The molecule has 1 aromatic carbocycles. The molecule has 2 aliphatic heterocycles. The molecule has 1 aromatic heterocycles. The SMILES string of the molecule is CCN1C(=O)c2cc(C(=O)N3CCN(c4cccc(C(F)(F)F)c4)CC3)nn2CC1(C)C(=O)NC1CCCC1. The van der Waals surface area contributed by atoms with Crippen LogP contribution in [0.15, 0.2) is 30.3 Å². The van der Waals surface area contributed by atoms with E-state index in [0.29, 0.717) is 38.4 Å². The summed E-state index contributed by atoms with van der Waals surface area (Å²) in [6.45, 7) is 5.35. The number of amides is 3. The van der Waals surface area contributed by atoms with Crippen LogP contribution in [0.4, 0.5) is 18.9 Å². The third-order valence-electron chi connectivity index (χ3n) is 8.12. The summed E-state index contributed by atoms with van der Waals surface area (Å²) in [5.74, 6) is -0.924. The number of fused-ring (bicyclic) bond motifs is 1. The van der Waals surface area contributed by atoms with Crippen molar-refractivity contribution in [2.24, 2.45) is 0 Å². The van der Waals surface area contributed by atoms with Crippen LogP contribution in [0.2, 0.25) is 0 Å². The predicted octanol–water partition coefficient (Wildman–Crippen LogP) is 3.16. The fourth-order valence-electron chi connectivity index (χ4n) is 5.86. The van der Waals surface area contributed by atoms with Gasteiger partial charge in [-0.25, -0.2) is 0 Å². The lowest BCUT2D eigenvalue weighted by atomic mass is 9.94. The van der Waals surface area contributed by atoms with Gasteiger partial charge in [0.05, 0.1) is 12.1 Å². The molecule has 5 rings (SSSR count). The molecular weight excluding hydrogens is 513 g/mol.